The molecule has 0 aromatic carbocycles. The first kappa shape index (κ1) is 10.5. The Hall–Kier alpha value is -1.41. The molecule has 0 unspecified atom stereocenters. The third-order valence-corrected chi connectivity index (χ3v) is 0.324. The van der Waals surface area contributed by atoms with E-state index in [-0.39, 0.29) is 5.48 Å². The molecule has 0 aromatic rings. The Balaban J connectivity index is 0. The minimum Gasteiger partial charge on any atom is -0.412 e. The molecule has 0 atom stereocenters. The van der Waals surface area contributed by atoms with Gasteiger partial charge in [-0.15, -0.1) is 0 Å². The number of nitro groups is 1. The van der Waals surface area contributed by atoms with E-state index in [0.29, 0.717) is 0 Å². The van der Waals surface area contributed by atoms with Crippen molar-refractivity contribution in [2.75, 3.05) is 0 Å². The second-order valence-corrected chi connectivity index (χ2v) is 0.820. The van der Waals surface area contributed by atoms with Crippen LogP contribution in [0.25, 0.3) is 5.43 Å². The lowest BCUT2D eigenvalue weighted by Crippen LogP contribution is -2.66. The molecule has 0 aliphatic heterocycles. The molecule has 0 aliphatic rings. The van der Waals surface area contributed by atoms with E-state index in [1.807, 2.05) is 0 Å². The SMILES string of the molecule is O.[NH3+]NC(=O)[N-][N+](=O)[O-]. The van der Waals surface area contributed by atoms with Gasteiger partial charge in [0, 0.05) is 0 Å². The molecule has 8 nitrogen and oxygen atoms in total. The number of urea groups is 1. The standard InChI is InChI=1S/CH4N4O3.H2O/c2-3-1(6)4-5(7)8;/h2H2,(H2,3,4,6);1H2. The minimum atomic E-state index is -1.10. The molecule has 2 amide bonds. The summed E-state index contributed by atoms with van der Waals surface area (Å²) in [6.07, 6.45) is 0. The van der Waals surface area contributed by atoms with Gasteiger partial charge in [-0.3, -0.25) is 14.9 Å². The molecule has 0 spiro atoms. The van der Waals surface area contributed by atoms with E-state index >= 15 is 0 Å². The Bertz CT molecular complexity index is 111. The molecule has 0 rings (SSSR count). The van der Waals surface area contributed by atoms with E-state index in [2.05, 4.69) is 11.3 Å². The smallest absolute Gasteiger partial charge is 0.257 e. The molecule has 0 bridgehead atoms. The number of rotatable bonds is 1. The zero-order valence-electron chi connectivity index (χ0n) is 4.33. The third-order valence-electron chi connectivity index (χ3n) is 0.324. The maximum atomic E-state index is 9.84. The number of carbonyl (C=O) groups is 1. The summed E-state index contributed by atoms with van der Waals surface area (Å²) >= 11 is 0. The summed E-state index contributed by atoms with van der Waals surface area (Å²) in [5, 5.41) is 8.22. The first-order chi connectivity index (χ1) is 3.66. The summed E-state index contributed by atoms with van der Waals surface area (Å²) in [6.45, 7) is 0. The van der Waals surface area contributed by atoms with Crippen LogP contribution in [-0.4, -0.2) is 16.5 Å². The lowest BCUT2D eigenvalue weighted by atomic mass is 11.1. The first-order valence-electron chi connectivity index (χ1n) is 1.60. The highest BCUT2D eigenvalue weighted by molar-refractivity contribution is 5.83. The lowest BCUT2D eigenvalue weighted by Gasteiger charge is -1.96. The molecule has 9 heavy (non-hydrogen) atoms. The molecule has 0 saturated carbocycles. The summed E-state index contributed by atoms with van der Waals surface area (Å²) in [4.78, 5) is 19.2. The number of quaternary nitrogens is 1. The van der Waals surface area contributed by atoms with Gasteiger partial charge in [0.05, 0.1) is 5.03 Å². The van der Waals surface area contributed by atoms with Gasteiger partial charge in [0.15, 0.2) is 0 Å². The van der Waals surface area contributed by atoms with Gasteiger partial charge in [0.25, 0.3) is 6.03 Å². The number of nitrogens with zero attached hydrogens (tertiary/aromatic N) is 2. The monoisotopic (exact) mass is 138 g/mol. The highest BCUT2D eigenvalue weighted by atomic mass is 16.7. The van der Waals surface area contributed by atoms with Crippen molar-refractivity contribution in [1.29, 1.82) is 0 Å². The second-order valence-electron chi connectivity index (χ2n) is 0.820. The Labute approximate surface area is 49.4 Å². The van der Waals surface area contributed by atoms with Gasteiger partial charge < -0.3 is 16.7 Å². The van der Waals surface area contributed by atoms with Crippen LogP contribution in [0.15, 0.2) is 0 Å². The van der Waals surface area contributed by atoms with Crippen molar-refractivity contribution in [3.05, 3.63) is 15.5 Å². The van der Waals surface area contributed by atoms with Crippen LogP contribution < -0.4 is 11.3 Å². The summed E-state index contributed by atoms with van der Waals surface area (Å²) in [5.41, 5.74) is 4.00. The van der Waals surface area contributed by atoms with Gasteiger partial charge in [-0.2, -0.15) is 0 Å². The Kier molecular flexibility index (Phi) is 5.56. The first-order valence-corrected chi connectivity index (χ1v) is 1.60. The van der Waals surface area contributed by atoms with Crippen molar-refractivity contribution in [2.45, 2.75) is 0 Å². The maximum absolute atomic E-state index is 9.84. The van der Waals surface area contributed by atoms with Crippen LogP contribution >= 0.6 is 0 Å². The minimum absolute atomic E-state index is 0. The fraction of sp³-hybridized carbons (Fsp3) is 0. The Morgan fingerprint density at radius 3 is 2.33 bits per heavy atom. The van der Waals surface area contributed by atoms with Crippen molar-refractivity contribution < 1.29 is 21.1 Å². The Morgan fingerprint density at radius 2 is 2.22 bits per heavy atom. The van der Waals surface area contributed by atoms with Crippen LogP contribution in [0, 0.1) is 10.1 Å². The Morgan fingerprint density at radius 1 is 1.78 bits per heavy atom. The average Bonchev–Trinajstić information content (AvgIpc) is 1.65. The molecular formula is CH6N4O4. The van der Waals surface area contributed by atoms with Crippen molar-refractivity contribution in [2.24, 2.45) is 0 Å². The topological polar surface area (TPSA) is 145 Å². The molecule has 0 aliphatic carbocycles. The van der Waals surface area contributed by atoms with E-state index < -0.39 is 11.1 Å². The van der Waals surface area contributed by atoms with Gasteiger partial charge in [-0.05, 0) is 0 Å². The summed E-state index contributed by atoms with van der Waals surface area (Å²) in [6, 6.07) is -1.06. The summed E-state index contributed by atoms with van der Waals surface area (Å²) < 4.78 is 0. The van der Waals surface area contributed by atoms with Gasteiger partial charge >= 0.3 is 0 Å². The van der Waals surface area contributed by atoms with E-state index in [4.69, 9.17) is 0 Å². The number of carbonyl (C=O) groups excluding carboxylic acids is 1. The normalized spacial score (nSPS) is 6.78. The number of nitrogens with one attached hydrogen (secondary N) is 1. The molecule has 0 fully saturated rings. The van der Waals surface area contributed by atoms with Crippen molar-refractivity contribution >= 4 is 6.03 Å². The van der Waals surface area contributed by atoms with Gasteiger partial charge in [-0.1, -0.05) is 5.43 Å². The fourth-order valence-corrected chi connectivity index (χ4v) is 0.110. The fourth-order valence-electron chi connectivity index (χ4n) is 0.110. The highest BCUT2D eigenvalue weighted by Gasteiger charge is 1.93. The largest absolute Gasteiger partial charge is 0.412 e. The van der Waals surface area contributed by atoms with Crippen LogP contribution in [0.1, 0.15) is 0 Å². The van der Waals surface area contributed by atoms with Gasteiger partial charge in [0.1, 0.15) is 0 Å². The summed E-state index contributed by atoms with van der Waals surface area (Å²) in [5.74, 6) is 2.84. The molecule has 0 radical (unpaired) electrons. The van der Waals surface area contributed by atoms with Crippen LogP contribution in [0.4, 0.5) is 4.79 Å². The number of amides is 2. The van der Waals surface area contributed by atoms with Gasteiger partial charge in [-0.25, -0.2) is 0 Å². The van der Waals surface area contributed by atoms with Crippen molar-refractivity contribution in [3.63, 3.8) is 0 Å². The van der Waals surface area contributed by atoms with Crippen LogP contribution in [0.5, 0.6) is 0 Å². The highest BCUT2D eigenvalue weighted by Crippen LogP contribution is 1.83. The molecule has 0 heterocycles. The zero-order chi connectivity index (χ0) is 6.57. The third kappa shape index (κ3) is 6.59. The van der Waals surface area contributed by atoms with Crippen molar-refractivity contribution in [1.82, 2.24) is 5.43 Å². The quantitative estimate of drug-likeness (QED) is 0.307. The van der Waals surface area contributed by atoms with Crippen LogP contribution in [0.2, 0.25) is 0 Å². The number of hydrogen-bond donors (Lipinski definition) is 2. The lowest BCUT2D eigenvalue weighted by molar-refractivity contribution is -0.439. The van der Waals surface area contributed by atoms with Gasteiger partial charge in [0.2, 0.25) is 0 Å². The predicted octanol–water partition coefficient (Wildman–Crippen LogP) is -2.41. The number of hydrogen-bond acceptors (Lipinski definition) is 3. The van der Waals surface area contributed by atoms with Crippen molar-refractivity contribution in [3.8, 4) is 0 Å². The van der Waals surface area contributed by atoms with E-state index in [9.17, 15) is 14.9 Å². The summed E-state index contributed by atoms with van der Waals surface area (Å²) in [7, 11) is 0. The molecule has 0 saturated heterocycles. The maximum Gasteiger partial charge on any atom is 0.257 e. The predicted molar refractivity (Wildman–Crippen MR) is 25.4 cm³/mol. The zero-order valence-corrected chi connectivity index (χ0v) is 4.33. The molecule has 8 heteroatoms. The van der Waals surface area contributed by atoms with Crippen LogP contribution in [0.3, 0.4) is 0 Å². The molecule has 0 aromatic heterocycles. The molecular weight excluding hydrogens is 132 g/mol. The van der Waals surface area contributed by atoms with E-state index in [0.717, 1.165) is 0 Å². The average molecular weight is 138 g/mol. The van der Waals surface area contributed by atoms with E-state index in [1.54, 1.807) is 5.43 Å². The molecule has 54 valence electrons. The molecule has 6 N–H and O–H groups in total. The van der Waals surface area contributed by atoms with Crippen LogP contribution in [-0.2, 0) is 0 Å². The van der Waals surface area contributed by atoms with E-state index in [1.165, 1.54) is 0 Å². The second kappa shape index (κ2) is 4.74.